The van der Waals surface area contributed by atoms with Crippen molar-refractivity contribution < 1.29 is 19.8 Å². The van der Waals surface area contributed by atoms with E-state index in [1.54, 1.807) is 0 Å². The first-order valence-corrected chi connectivity index (χ1v) is 9.86. The van der Waals surface area contributed by atoms with E-state index in [0.717, 1.165) is 59.3 Å². The van der Waals surface area contributed by atoms with Crippen LogP contribution >= 0.6 is 0 Å². The Hall–Kier alpha value is -0.270. The van der Waals surface area contributed by atoms with Gasteiger partial charge in [-0.3, -0.25) is 0 Å². The molecule has 2 saturated carbocycles. The van der Waals surface area contributed by atoms with Crippen molar-refractivity contribution in [2.45, 2.75) is 59.3 Å². The Morgan fingerprint density at radius 2 is 1.00 bits per heavy atom. The fraction of sp³-hybridized carbons (Fsp3) is 0.857. The Kier molecular flexibility index (Phi) is 5.53. The molecule has 0 aliphatic heterocycles. The molecule has 0 saturated heterocycles. The van der Waals surface area contributed by atoms with Crippen molar-refractivity contribution in [1.82, 2.24) is 0 Å². The first kappa shape index (κ1) is 15.1. The molecule has 2 N–H and O–H groups in total. The molecule has 2 rings (SSSR count). The van der Waals surface area contributed by atoms with Crippen LogP contribution in [0, 0.1) is 11.8 Å². The number of carboxylic acid groups (broad SMARTS) is 2. The fourth-order valence-corrected chi connectivity index (χ4v) is 7.82. The van der Waals surface area contributed by atoms with Gasteiger partial charge >= 0.3 is 124 Å². The van der Waals surface area contributed by atoms with Crippen molar-refractivity contribution in [3.8, 4) is 0 Å². The van der Waals surface area contributed by atoms with Crippen molar-refractivity contribution in [3.05, 3.63) is 0 Å². The monoisotopic (exact) mass is 384 g/mol. The van der Waals surface area contributed by atoms with Gasteiger partial charge in [0.25, 0.3) is 0 Å². The molecule has 2 fully saturated rings. The molecule has 0 bridgehead atoms. The third-order valence-corrected chi connectivity index (χ3v) is 9.32. The van der Waals surface area contributed by atoms with E-state index in [2.05, 4.69) is 0 Å². The van der Waals surface area contributed by atoms with Crippen molar-refractivity contribution in [3.63, 3.8) is 0 Å². The van der Waals surface area contributed by atoms with E-state index < -0.39 is 11.9 Å². The zero-order valence-corrected chi connectivity index (χ0v) is 13.4. The van der Waals surface area contributed by atoms with E-state index >= 15 is 0 Å². The summed E-state index contributed by atoms with van der Waals surface area (Å²) in [6, 6.07) is 0. The van der Waals surface area contributed by atoms with Crippen molar-refractivity contribution in [2.75, 3.05) is 0 Å². The van der Waals surface area contributed by atoms with Crippen LogP contribution in [0.25, 0.3) is 0 Å². The van der Waals surface area contributed by atoms with Gasteiger partial charge in [-0.1, -0.05) is 0 Å². The summed E-state index contributed by atoms with van der Waals surface area (Å²) >= 11 is -0.0748. The fourth-order valence-electron chi connectivity index (χ4n) is 3.16. The van der Waals surface area contributed by atoms with Gasteiger partial charge in [0, 0.05) is 0 Å². The number of aliphatic carboxylic acids is 2. The van der Waals surface area contributed by atoms with Crippen molar-refractivity contribution >= 4 is 32.9 Å². The molecule has 0 atom stereocenters. The van der Waals surface area contributed by atoms with Gasteiger partial charge in [0.2, 0.25) is 0 Å². The van der Waals surface area contributed by atoms with Crippen LogP contribution < -0.4 is 0 Å². The molecule has 0 amide bonds. The van der Waals surface area contributed by atoms with E-state index in [1.807, 2.05) is 0 Å². The van der Waals surface area contributed by atoms with Crippen molar-refractivity contribution in [2.24, 2.45) is 11.8 Å². The van der Waals surface area contributed by atoms with Gasteiger partial charge in [-0.25, -0.2) is 0 Å². The second-order valence-electron chi connectivity index (χ2n) is 5.76. The Labute approximate surface area is 124 Å². The molecule has 19 heavy (non-hydrogen) atoms. The van der Waals surface area contributed by atoms with E-state index in [0.29, 0.717) is 0 Å². The molecule has 0 spiro atoms. The minimum atomic E-state index is -0.624. The van der Waals surface area contributed by atoms with Gasteiger partial charge in [-0.05, 0) is 0 Å². The van der Waals surface area contributed by atoms with Crippen LogP contribution in [0.1, 0.15) is 51.4 Å². The third-order valence-electron chi connectivity index (χ3n) is 4.43. The number of hydrogen-bond donors (Lipinski definition) is 2. The molecular weight excluding hydrogens is 360 g/mol. The summed E-state index contributed by atoms with van der Waals surface area (Å²) in [4.78, 5) is 21.8. The summed E-state index contributed by atoms with van der Waals surface area (Å²) in [6.45, 7) is 0. The van der Waals surface area contributed by atoms with Crippen LogP contribution in [0.4, 0.5) is 0 Å². The van der Waals surface area contributed by atoms with Crippen LogP contribution in [0.15, 0.2) is 0 Å². The van der Waals surface area contributed by atoms with Gasteiger partial charge in [0.05, 0.1) is 0 Å². The summed E-state index contributed by atoms with van der Waals surface area (Å²) in [5, 5.41) is 18.0. The molecule has 0 radical (unpaired) electrons. The standard InChI is InChI=1S/C14H22O4Te/c15-13(16)9-1-5-11(6-2-9)19-12-7-3-10(4-8-12)14(17)18/h9-12H,1-8H2,(H,15,16)(H,17,18). The van der Waals surface area contributed by atoms with Crippen molar-refractivity contribution in [1.29, 1.82) is 0 Å². The normalized spacial score (nSPS) is 35.8. The van der Waals surface area contributed by atoms with Gasteiger partial charge in [0.15, 0.2) is 0 Å². The minimum absolute atomic E-state index is 0.0748. The Bertz CT molecular complexity index is 296. The average Bonchev–Trinajstić information content (AvgIpc) is 2.40. The maximum absolute atomic E-state index is 10.9. The van der Waals surface area contributed by atoms with Gasteiger partial charge in [-0.15, -0.1) is 0 Å². The molecule has 4 nitrogen and oxygen atoms in total. The molecule has 5 heteroatoms. The number of hydrogen-bond acceptors (Lipinski definition) is 2. The number of carbonyl (C=O) groups is 2. The van der Waals surface area contributed by atoms with E-state index in [1.165, 1.54) is 0 Å². The summed E-state index contributed by atoms with van der Waals surface area (Å²) in [7, 11) is 0. The van der Waals surface area contributed by atoms with Crippen LogP contribution in [0.2, 0.25) is 7.93 Å². The van der Waals surface area contributed by atoms with E-state index in [-0.39, 0.29) is 32.8 Å². The topological polar surface area (TPSA) is 74.6 Å². The van der Waals surface area contributed by atoms with Gasteiger partial charge in [-0.2, -0.15) is 0 Å². The van der Waals surface area contributed by atoms with E-state index in [4.69, 9.17) is 10.2 Å². The summed E-state index contributed by atoms with van der Waals surface area (Å²) in [5.41, 5.74) is 0. The van der Waals surface area contributed by atoms with Gasteiger partial charge in [0.1, 0.15) is 0 Å². The number of rotatable bonds is 4. The number of carboxylic acids is 2. The zero-order valence-electron chi connectivity index (χ0n) is 11.1. The Morgan fingerprint density at radius 1 is 0.684 bits per heavy atom. The maximum atomic E-state index is 10.9. The van der Waals surface area contributed by atoms with Gasteiger partial charge < -0.3 is 0 Å². The summed E-state index contributed by atoms with van der Waals surface area (Å²) in [6.07, 6.45) is 7.81. The second kappa shape index (κ2) is 6.95. The molecule has 108 valence electrons. The average molecular weight is 382 g/mol. The molecule has 2 aliphatic rings. The van der Waals surface area contributed by atoms with Crippen LogP contribution in [0.3, 0.4) is 0 Å². The first-order chi connectivity index (χ1) is 9.06. The Morgan fingerprint density at radius 3 is 1.26 bits per heavy atom. The molecule has 0 aromatic carbocycles. The predicted molar refractivity (Wildman–Crippen MR) is 72.4 cm³/mol. The Balaban J connectivity index is 1.69. The molecule has 0 aromatic heterocycles. The molecule has 0 heterocycles. The van der Waals surface area contributed by atoms with Crippen LogP contribution in [0.5, 0.6) is 0 Å². The molecule has 2 aliphatic carbocycles. The predicted octanol–water partition coefficient (Wildman–Crippen LogP) is 2.82. The third kappa shape index (κ3) is 4.36. The quantitative estimate of drug-likeness (QED) is 0.734. The molecule has 0 unspecified atom stereocenters. The first-order valence-electron chi connectivity index (χ1n) is 7.17. The van der Waals surface area contributed by atoms with Crippen LogP contribution in [-0.2, 0) is 9.59 Å². The van der Waals surface area contributed by atoms with Crippen LogP contribution in [-0.4, -0.2) is 43.1 Å². The van der Waals surface area contributed by atoms with E-state index in [9.17, 15) is 9.59 Å². The summed E-state index contributed by atoms with van der Waals surface area (Å²) < 4.78 is 1.60. The molecular formula is C14H22O4Te. The SMILES string of the molecule is O=C(O)C1CCC([Te]C2CCC(C(=O)O)CC2)CC1. The zero-order chi connectivity index (χ0) is 13.8. The summed E-state index contributed by atoms with van der Waals surface area (Å²) in [5.74, 6) is -1.46. The molecule has 0 aromatic rings. The second-order valence-corrected chi connectivity index (χ2v) is 10.3.